The highest BCUT2D eigenvalue weighted by atomic mass is 19.1. The van der Waals surface area contributed by atoms with E-state index in [-0.39, 0.29) is 11.7 Å². The summed E-state index contributed by atoms with van der Waals surface area (Å²) in [7, 11) is 0. The Bertz CT molecular complexity index is 1230. The van der Waals surface area contributed by atoms with Gasteiger partial charge in [0.05, 0.1) is 5.56 Å². The van der Waals surface area contributed by atoms with Crippen LogP contribution in [-0.4, -0.2) is 53.8 Å². The maximum absolute atomic E-state index is 14.9. The summed E-state index contributed by atoms with van der Waals surface area (Å²) in [6.07, 6.45) is 2.19. The fraction of sp³-hybridized carbons (Fsp3) is 0.433. The highest BCUT2D eigenvalue weighted by Crippen LogP contribution is 2.25. The van der Waals surface area contributed by atoms with Gasteiger partial charge in [-0.05, 0) is 95.3 Å². The van der Waals surface area contributed by atoms with E-state index < -0.39 is 29.0 Å². The Hall–Kier alpha value is -3.88. The van der Waals surface area contributed by atoms with E-state index in [1.807, 2.05) is 39.0 Å². The smallest absolute Gasteiger partial charge is 0.410 e. The van der Waals surface area contributed by atoms with E-state index in [9.17, 15) is 18.8 Å². The molecule has 0 saturated heterocycles. The summed E-state index contributed by atoms with van der Waals surface area (Å²) in [5.74, 6) is -1.17. The van der Waals surface area contributed by atoms with Crippen LogP contribution in [0.15, 0.2) is 48.5 Å². The molecular formula is C30H38FN3O5. The van der Waals surface area contributed by atoms with Crippen LogP contribution in [0, 0.1) is 5.82 Å². The van der Waals surface area contributed by atoms with Gasteiger partial charge in [-0.25, -0.2) is 14.0 Å². The Morgan fingerprint density at radius 1 is 0.949 bits per heavy atom. The van der Waals surface area contributed by atoms with Crippen molar-refractivity contribution in [2.75, 3.05) is 25.0 Å². The number of carbonyl (C=O) groups is 3. The predicted molar refractivity (Wildman–Crippen MR) is 149 cm³/mol. The molecule has 2 aromatic carbocycles. The molecule has 8 nitrogen and oxygen atoms in total. The lowest BCUT2D eigenvalue weighted by Crippen LogP contribution is -2.39. The number of nitrogens with zero attached hydrogens (tertiary/aromatic N) is 1. The first-order valence-electron chi connectivity index (χ1n) is 13.0. The molecule has 210 valence electrons. The molecule has 0 aromatic heterocycles. The topological polar surface area (TPSA) is 97.0 Å². The van der Waals surface area contributed by atoms with E-state index in [4.69, 9.17) is 9.47 Å². The minimum Gasteiger partial charge on any atom is -0.444 e. The average molecular weight is 540 g/mol. The molecule has 0 aliphatic carbocycles. The molecule has 0 unspecified atom stereocenters. The van der Waals surface area contributed by atoms with Crippen LogP contribution in [0.1, 0.15) is 69.4 Å². The zero-order valence-electron chi connectivity index (χ0n) is 23.5. The van der Waals surface area contributed by atoms with E-state index in [0.717, 1.165) is 11.1 Å². The van der Waals surface area contributed by atoms with Gasteiger partial charge >= 0.3 is 12.2 Å². The normalized spacial score (nSPS) is 13.8. The molecule has 0 bridgehead atoms. The molecular weight excluding hydrogens is 501 g/mol. The number of hydrogen-bond donors (Lipinski definition) is 2. The molecule has 0 fully saturated rings. The quantitative estimate of drug-likeness (QED) is 0.458. The first-order chi connectivity index (χ1) is 18.2. The third-order valence-corrected chi connectivity index (χ3v) is 5.74. The first kappa shape index (κ1) is 29.7. The van der Waals surface area contributed by atoms with Gasteiger partial charge in [0.15, 0.2) is 0 Å². The maximum atomic E-state index is 14.9. The van der Waals surface area contributed by atoms with Gasteiger partial charge in [0.2, 0.25) is 0 Å². The Labute approximate surface area is 229 Å². The Kier molecular flexibility index (Phi) is 9.37. The van der Waals surface area contributed by atoms with E-state index in [2.05, 4.69) is 10.6 Å². The number of nitrogens with one attached hydrogen (secondary N) is 2. The number of hydrogen-bond acceptors (Lipinski definition) is 5. The van der Waals surface area contributed by atoms with Crippen molar-refractivity contribution >= 4 is 29.4 Å². The number of anilines is 1. The minimum absolute atomic E-state index is 0.0591. The van der Waals surface area contributed by atoms with Crippen LogP contribution in [0.4, 0.5) is 19.7 Å². The van der Waals surface area contributed by atoms with Crippen LogP contribution >= 0.6 is 0 Å². The average Bonchev–Trinajstić information content (AvgIpc) is 2.83. The second kappa shape index (κ2) is 12.3. The maximum Gasteiger partial charge on any atom is 0.410 e. The largest absolute Gasteiger partial charge is 0.444 e. The van der Waals surface area contributed by atoms with Crippen molar-refractivity contribution in [3.63, 3.8) is 0 Å². The van der Waals surface area contributed by atoms with Crippen LogP contribution in [0.25, 0.3) is 5.57 Å². The van der Waals surface area contributed by atoms with Crippen LogP contribution in [0.5, 0.6) is 0 Å². The van der Waals surface area contributed by atoms with Crippen molar-refractivity contribution < 1.29 is 28.2 Å². The summed E-state index contributed by atoms with van der Waals surface area (Å²) >= 11 is 0. The number of alkyl carbamates (subject to hydrolysis) is 1. The van der Waals surface area contributed by atoms with Crippen molar-refractivity contribution in [2.24, 2.45) is 0 Å². The second-order valence-corrected chi connectivity index (χ2v) is 11.4. The summed E-state index contributed by atoms with van der Waals surface area (Å²) in [6, 6.07) is 11.7. The first-order valence-corrected chi connectivity index (χ1v) is 13.0. The van der Waals surface area contributed by atoms with Crippen molar-refractivity contribution in [3.8, 4) is 0 Å². The van der Waals surface area contributed by atoms with Crippen LogP contribution < -0.4 is 10.6 Å². The fourth-order valence-electron chi connectivity index (χ4n) is 3.90. The highest BCUT2D eigenvalue weighted by Gasteiger charge is 2.24. The van der Waals surface area contributed by atoms with Crippen molar-refractivity contribution in [1.29, 1.82) is 0 Å². The van der Waals surface area contributed by atoms with Crippen molar-refractivity contribution in [3.05, 3.63) is 71.0 Å². The third kappa shape index (κ3) is 9.42. The lowest BCUT2D eigenvalue weighted by atomic mass is 9.98. The summed E-state index contributed by atoms with van der Waals surface area (Å²) < 4.78 is 25.5. The summed E-state index contributed by atoms with van der Waals surface area (Å²) in [4.78, 5) is 38.3. The second-order valence-electron chi connectivity index (χ2n) is 11.4. The van der Waals surface area contributed by atoms with Gasteiger partial charge < -0.3 is 25.0 Å². The third-order valence-electron chi connectivity index (χ3n) is 5.74. The molecule has 2 N–H and O–H groups in total. The number of benzene rings is 2. The fourth-order valence-corrected chi connectivity index (χ4v) is 3.90. The standard InChI is InChI=1S/C30H38FN3O5/c1-29(2,3)38-27(36)32-16-13-20-7-10-23(11-8-20)33-26(35)24-12-9-22(19-25(24)31)21-14-17-34(18-15-21)28(37)39-30(4,5)6/h7-12,14,19H,13,15-18H2,1-6H3,(H,32,36)(H,33,35). The molecule has 2 aromatic rings. The van der Waals surface area contributed by atoms with E-state index in [1.54, 1.807) is 43.9 Å². The summed E-state index contributed by atoms with van der Waals surface area (Å²) in [5.41, 5.74) is 1.91. The molecule has 1 aliphatic heterocycles. The Morgan fingerprint density at radius 2 is 1.62 bits per heavy atom. The molecule has 0 spiro atoms. The van der Waals surface area contributed by atoms with E-state index >= 15 is 0 Å². The number of ether oxygens (including phenoxy) is 2. The molecule has 0 radical (unpaired) electrons. The van der Waals surface area contributed by atoms with Gasteiger partial charge in [-0.2, -0.15) is 0 Å². The molecule has 39 heavy (non-hydrogen) atoms. The summed E-state index contributed by atoms with van der Waals surface area (Å²) in [6.45, 7) is 12.1. The zero-order chi connectivity index (χ0) is 28.8. The van der Waals surface area contributed by atoms with E-state index in [0.29, 0.717) is 43.7 Å². The van der Waals surface area contributed by atoms with Crippen LogP contribution in [0.3, 0.4) is 0 Å². The SMILES string of the molecule is CC(C)(C)OC(=O)NCCc1ccc(NC(=O)c2ccc(C3=CCN(C(=O)OC(C)(C)C)CC3)cc2F)cc1. The Balaban J connectivity index is 1.53. The zero-order valence-corrected chi connectivity index (χ0v) is 23.5. The molecule has 1 aliphatic rings. The minimum atomic E-state index is -0.620. The Morgan fingerprint density at radius 3 is 2.18 bits per heavy atom. The molecule has 1 heterocycles. The van der Waals surface area contributed by atoms with E-state index in [1.165, 1.54) is 12.1 Å². The lowest BCUT2D eigenvalue weighted by Gasteiger charge is -2.29. The molecule has 3 rings (SSSR count). The highest BCUT2D eigenvalue weighted by molar-refractivity contribution is 6.04. The number of rotatable bonds is 6. The lowest BCUT2D eigenvalue weighted by molar-refractivity contribution is 0.0270. The predicted octanol–water partition coefficient (Wildman–Crippen LogP) is 6.17. The molecule has 0 atom stereocenters. The van der Waals surface area contributed by atoms with Crippen LogP contribution in [0.2, 0.25) is 0 Å². The van der Waals surface area contributed by atoms with Gasteiger partial charge in [0.25, 0.3) is 5.91 Å². The van der Waals surface area contributed by atoms with Gasteiger partial charge in [-0.1, -0.05) is 24.3 Å². The summed E-state index contributed by atoms with van der Waals surface area (Å²) in [5, 5.41) is 5.43. The van der Waals surface area contributed by atoms with Gasteiger partial charge in [-0.3, -0.25) is 4.79 Å². The number of carbonyl (C=O) groups excluding carboxylic acids is 3. The monoisotopic (exact) mass is 539 g/mol. The van der Waals surface area contributed by atoms with Crippen molar-refractivity contribution in [1.82, 2.24) is 10.2 Å². The molecule has 9 heteroatoms. The van der Waals surface area contributed by atoms with Crippen molar-refractivity contribution in [2.45, 2.75) is 65.6 Å². The van der Waals surface area contributed by atoms with Gasteiger partial charge in [0.1, 0.15) is 17.0 Å². The van der Waals surface area contributed by atoms with Gasteiger partial charge in [0, 0.05) is 25.3 Å². The number of halogens is 1. The van der Waals surface area contributed by atoms with Gasteiger partial charge in [-0.15, -0.1) is 0 Å². The molecule has 3 amide bonds. The molecule has 0 saturated carbocycles. The van der Waals surface area contributed by atoms with Crippen LogP contribution in [-0.2, 0) is 15.9 Å². The number of amides is 3.